The van der Waals surface area contributed by atoms with Crippen LogP contribution in [0.15, 0.2) is 164 Å². The van der Waals surface area contributed by atoms with Crippen LogP contribution in [0.5, 0.6) is 0 Å². The van der Waals surface area contributed by atoms with E-state index in [0.717, 1.165) is 50.6 Å². The Bertz CT molecular complexity index is 2040. The molecule has 0 amide bonds. The molecular formula is C72H136N16O3S5. The van der Waals surface area contributed by atoms with E-state index < -0.39 is 0 Å². The van der Waals surface area contributed by atoms with Crippen molar-refractivity contribution in [2.24, 2.45) is 7.05 Å². The largest absolute Gasteiger partial charge is 0.365 e. The summed E-state index contributed by atoms with van der Waals surface area (Å²) in [4.78, 5) is 36.8. The van der Waals surface area contributed by atoms with Gasteiger partial charge in [-0.15, -0.1) is 34.0 Å². The number of imidazole rings is 4. The molecule has 3 N–H and O–H groups in total. The Hall–Kier alpha value is -7.38. The molecule has 0 aliphatic carbocycles. The van der Waals surface area contributed by atoms with E-state index >= 15 is 0 Å². The minimum absolute atomic E-state index is 0.856. The first-order chi connectivity index (χ1) is 46.7. The van der Waals surface area contributed by atoms with E-state index in [0.29, 0.717) is 0 Å². The molecule has 0 saturated carbocycles. The number of aromatic amines is 3. The first-order valence-electron chi connectivity index (χ1n) is 33.4. The molecule has 0 aromatic carbocycles. The zero-order valence-corrected chi connectivity index (χ0v) is 70.6. The van der Waals surface area contributed by atoms with Gasteiger partial charge in [0.2, 0.25) is 0 Å². The van der Waals surface area contributed by atoms with Gasteiger partial charge in [0.25, 0.3) is 0 Å². The highest BCUT2D eigenvalue weighted by Crippen LogP contribution is 2.01. The Labute approximate surface area is 606 Å². The van der Waals surface area contributed by atoms with Crippen LogP contribution in [0, 0.1) is 76.2 Å². The maximum atomic E-state index is 4.58. The third-order valence-electron chi connectivity index (χ3n) is 7.02. The van der Waals surface area contributed by atoms with Crippen LogP contribution in [0.3, 0.4) is 0 Å². The van der Waals surface area contributed by atoms with Gasteiger partial charge in [-0.1, -0.05) is 182 Å². The molecule has 552 valence electrons. The summed E-state index contributed by atoms with van der Waals surface area (Å²) >= 11 is 7.94. The molecule has 0 atom stereocenters. The molecule has 0 fully saturated rings. The highest BCUT2D eigenvalue weighted by Gasteiger charge is 1.82. The quantitative estimate of drug-likeness (QED) is 0.128. The van der Waals surface area contributed by atoms with Crippen molar-refractivity contribution in [1.82, 2.24) is 78.6 Å². The number of nitrogens with one attached hydrogen (secondary N) is 3. The summed E-state index contributed by atoms with van der Waals surface area (Å²) in [5.74, 6) is 1.82. The van der Waals surface area contributed by atoms with Gasteiger partial charge >= 0.3 is 0 Å². The van der Waals surface area contributed by atoms with Crippen molar-refractivity contribution in [3.05, 3.63) is 211 Å². The van der Waals surface area contributed by atoms with Crippen LogP contribution in [0.25, 0.3) is 0 Å². The van der Waals surface area contributed by atoms with Crippen molar-refractivity contribution in [1.29, 1.82) is 0 Å². The topological polar surface area (TPSA) is 246 Å². The van der Waals surface area contributed by atoms with Gasteiger partial charge in [-0.2, -0.15) is 4.37 Å². The molecule has 0 spiro atoms. The molecule has 19 nitrogen and oxygen atoms in total. The molecule has 0 saturated heterocycles. The smallest absolute Gasteiger partial charge is 0.133 e. The number of H-pyrrole nitrogens is 3. The first kappa shape index (κ1) is 116. The van der Waals surface area contributed by atoms with Gasteiger partial charge in [0.05, 0.1) is 58.8 Å². The van der Waals surface area contributed by atoms with E-state index in [4.69, 9.17) is 0 Å². The molecule has 0 aliphatic rings. The SMILES string of the molecule is CC.CC.CC.CC.CC.CC.CC.CC.CC.CC.CC.CC.Cc1ccno1.Cc1ccon1.Cc1ccsn1.Cc1cnc[nH]1.Cc1cnc[nH]1.Cc1cncs1.Cc1cnoc1.Cc1cnsc1.Cc1cscn1.Cc1ncc[nH]1.Cc1nccs1.Cn1ccnc1. The Morgan fingerprint density at radius 3 is 1.14 bits per heavy atom. The van der Waals surface area contributed by atoms with E-state index in [1.165, 1.54) is 33.5 Å². The Morgan fingerprint density at radius 2 is 1.02 bits per heavy atom. The number of nitrogens with zero attached hydrogens (tertiary/aromatic N) is 13. The molecule has 0 unspecified atom stereocenters. The predicted octanol–water partition coefficient (Wildman–Crippen LogP) is 25.1. The van der Waals surface area contributed by atoms with Crippen LogP contribution >= 0.6 is 57.1 Å². The van der Waals surface area contributed by atoms with E-state index in [9.17, 15) is 0 Å². The lowest BCUT2D eigenvalue weighted by Gasteiger charge is -1.76. The highest BCUT2D eigenvalue weighted by atomic mass is 32.1. The molecule has 0 radical (unpaired) electrons. The number of rotatable bonds is 0. The summed E-state index contributed by atoms with van der Waals surface area (Å²) in [7, 11) is 1.94. The maximum absolute atomic E-state index is 4.58. The molecular weight excluding hydrogens is 1300 g/mol. The van der Waals surface area contributed by atoms with Crippen LogP contribution in [0.1, 0.15) is 227 Å². The number of aryl methyl sites for hydroxylation is 12. The third-order valence-corrected chi connectivity index (χ3v) is 10.5. The van der Waals surface area contributed by atoms with Crippen molar-refractivity contribution in [3.63, 3.8) is 0 Å². The summed E-state index contributed by atoms with van der Waals surface area (Å²) < 4.78 is 23.2. The number of hydrogen-bond acceptors (Lipinski definition) is 20. The molecule has 12 rings (SSSR count). The molecule has 96 heavy (non-hydrogen) atoms. The van der Waals surface area contributed by atoms with Crippen LogP contribution < -0.4 is 0 Å². The van der Waals surface area contributed by atoms with E-state index in [1.807, 2.05) is 311 Å². The van der Waals surface area contributed by atoms with Gasteiger partial charge in [0.1, 0.15) is 24.1 Å². The second-order valence-electron chi connectivity index (χ2n) is 14.0. The second-order valence-corrected chi connectivity index (χ2v) is 18.2. The summed E-state index contributed by atoms with van der Waals surface area (Å²) in [5.41, 5.74) is 11.3. The van der Waals surface area contributed by atoms with Crippen LogP contribution in [-0.2, 0) is 7.05 Å². The zero-order chi connectivity index (χ0) is 76.9. The van der Waals surface area contributed by atoms with Crippen molar-refractivity contribution in [2.75, 3.05) is 0 Å². The van der Waals surface area contributed by atoms with Crippen molar-refractivity contribution < 1.29 is 13.6 Å². The lowest BCUT2D eigenvalue weighted by molar-refractivity contribution is 0.397. The van der Waals surface area contributed by atoms with Gasteiger partial charge in [0, 0.05) is 124 Å². The second kappa shape index (κ2) is 112. The minimum Gasteiger partial charge on any atom is -0.365 e. The van der Waals surface area contributed by atoms with Crippen LogP contribution in [-0.4, -0.2) is 78.6 Å². The summed E-state index contributed by atoms with van der Waals surface area (Å²) in [6.07, 6.45) is 27.7. The fraction of sp³-hybridized carbons (Fsp3) is 0.500. The third kappa shape index (κ3) is 108. The highest BCUT2D eigenvalue weighted by molar-refractivity contribution is 7.09. The summed E-state index contributed by atoms with van der Waals surface area (Å²) in [5, 5.41) is 19.5. The molecule has 0 aliphatic heterocycles. The Balaban J connectivity index is -0.0000000779. The number of thiazole rings is 3. The summed E-state index contributed by atoms with van der Waals surface area (Å²) in [6, 6.07) is 5.60. The predicted molar refractivity (Wildman–Crippen MR) is 427 cm³/mol. The monoisotopic (exact) mass is 1430 g/mol. The zero-order valence-electron chi connectivity index (χ0n) is 66.5. The fourth-order valence-electron chi connectivity index (χ4n) is 3.51. The maximum Gasteiger partial charge on any atom is 0.133 e. The normalized spacial score (nSPS) is 7.38. The molecule has 24 heteroatoms. The van der Waals surface area contributed by atoms with E-state index in [-0.39, 0.29) is 0 Å². The average molecular weight is 1430 g/mol. The molecule has 12 heterocycles. The average Bonchev–Trinajstić information content (AvgIpc) is 4.46. The van der Waals surface area contributed by atoms with Crippen molar-refractivity contribution >= 4 is 57.1 Å². The van der Waals surface area contributed by atoms with Gasteiger partial charge < -0.3 is 33.1 Å². The van der Waals surface area contributed by atoms with Gasteiger partial charge in [-0.25, -0.2) is 24.3 Å². The molecule has 12 aromatic rings. The van der Waals surface area contributed by atoms with Crippen molar-refractivity contribution in [3.8, 4) is 0 Å². The Kier molecular flexibility index (Phi) is 135. The lowest BCUT2D eigenvalue weighted by Crippen LogP contribution is -1.76. The Morgan fingerprint density at radius 1 is 0.448 bits per heavy atom. The summed E-state index contributed by atoms with van der Waals surface area (Å²) in [6.45, 7) is 69.5. The minimum atomic E-state index is 0.856. The van der Waals surface area contributed by atoms with Crippen LogP contribution in [0.2, 0.25) is 0 Å². The molecule has 0 bridgehead atoms. The fourth-order valence-corrected chi connectivity index (χ4v) is 5.96. The molecule has 12 aromatic heterocycles. The number of hydrogen-bond donors (Lipinski definition) is 3. The van der Waals surface area contributed by atoms with Gasteiger partial charge in [-0.3, -0.25) is 15.0 Å². The number of aromatic nitrogens is 16. The van der Waals surface area contributed by atoms with Gasteiger partial charge in [-0.05, 0) is 111 Å². The standard InChI is InChI=1S/4C4H6N2.3C4H5NO.5C4H5NS.12C2H6/c2*1-4-2-5-3-6-4;1-6-3-2-5-4-6;1-4-5-2-3-6-4;1-4-2-5-6-3-4;1-4-2-3-6-5-4;1-4-2-3-5-6-4;1-4-2-6-3-5-4;1-4-2-5-3-6-4;1-4-2-5-6-3-4;1-4-5-2-3-6-4;1-4-2-3-6-5-4;12*1-2/h2*2-3H,1H3,(H,5,6);2-4H,1H3;2-3H,1H3,(H,5,6);8*2-3H,1H3;12*1-2H3. The van der Waals surface area contributed by atoms with E-state index in [2.05, 4.69) is 87.6 Å². The lowest BCUT2D eigenvalue weighted by atomic mass is 10.4. The first-order valence-corrected chi connectivity index (χ1v) is 37.8. The van der Waals surface area contributed by atoms with E-state index in [1.54, 1.807) is 127 Å². The van der Waals surface area contributed by atoms with Gasteiger partial charge in [0.15, 0.2) is 0 Å². The van der Waals surface area contributed by atoms with Crippen molar-refractivity contribution in [2.45, 2.75) is 242 Å². The van der Waals surface area contributed by atoms with Crippen LogP contribution in [0.4, 0.5) is 0 Å².